The molecular weight excluding hydrogens is 416 g/mol. The molecule has 0 radical (unpaired) electrons. The molecule has 1 aromatic carbocycles. The van der Waals surface area contributed by atoms with Crippen molar-refractivity contribution in [2.75, 3.05) is 57.8 Å². The number of piperidine rings is 1. The van der Waals surface area contributed by atoms with Gasteiger partial charge in [0.15, 0.2) is 0 Å². The molecule has 3 fully saturated rings. The quantitative estimate of drug-likeness (QED) is 0.662. The van der Waals surface area contributed by atoms with Crippen molar-refractivity contribution in [1.82, 2.24) is 14.7 Å². The van der Waals surface area contributed by atoms with E-state index in [4.69, 9.17) is 0 Å². The van der Waals surface area contributed by atoms with Crippen molar-refractivity contribution in [2.24, 2.45) is 11.8 Å². The molecule has 1 unspecified atom stereocenters. The second-order valence-corrected chi connectivity index (χ2v) is 9.90. The Bertz CT molecular complexity index is 840. The van der Waals surface area contributed by atoms with Crippen LogP contribution in [0.1, 0.15) is 44.6 Å². The fourth-order valence-electron chi connectivity index (χ4n) is 5.24. The number of unbranched alkanes of at least 4 members (excludes halogenated alkanes) is 1. The van der Waals surface area contributed by atoms with E-state index in [2.05, 4.69) is 31.0 Å². The number of amides is 3. The lowest BCUT2D eigenvalue weighted by Gasteiger charge is -2.38. The van der Waals surface area contributed by atoms with Crippen LogP contribution in [0.25, 0.3) is 0 Å². The number of likely N-dealkylation sites (N-methyl/N-ethyl adjacent to an activating group) is 1. The van der Waals surface area contributed by atoms with E-state index in [1.54, 1.807) is 4.90 Å². The molecule has 7 nitrogen and oxygen atoms in total. The Morgan fingerprint density at radius 2 is 1.48 bits per heavy atom. The number of aryl methyl sites for hydroxylation is 1. The van der Waals surface area contributed by atoms with Gasteiger partial charge in [0.25, 0.3) is 0 Å². The van der Waals surface area contributed by atoms with Crippen LogP contribution < -0.4 is 4.90 Å². The van der Waals surface area contributed by atoms with Crippen molar-refractivity contribution in [3.63, 3.8) is 0 Å². The topological polar surface area (TPSA) is 64.2 Å². The molecule has 3 saturated heterocycles. The highest BCUT2D eigenvalue weighted by atomic mass is 16.2. The highest BCUT2D eigenvalue weighted by molar-refractivity contribution is 6.00. The predicted molar refractivity (Wildman–Crippen MR) is 129 cm³/mol. The summed E-state index contributed by atoms with van der Waals surface area (Å²) in [6, 6.07) is 8.20. The Balaban J connectivity index is 1.28. The number of carbonyl (C=O) groups excluding carboxylic acids is 3. The van der Waals surface area contributed by atoms with Crippen molar-refractivity contribution in [3.05, 3.63) is 29.8 Å². The standard InChI is InChI=1S/C26H38N4O3/c1-3-4-5-20-6-8-23(9-7-20)30-19-22(18-24(30)31)26(33)28-12-10-21(11-13-28)25(32)29-16-14-27(2)15-17-29/h6-9,21-22H,3-5,10-19H2,1-2H3. The summed E-state index contributed by atoms with van der Waals surface area (Å²) < 4.78 is 0. The van der Waals surface area contributed by atoms with Crippen LogP contribution in [0.15, 0.2) is 24.3 Å². The van der Waals surface area contributed by atoms with E-state index >= 15 is 0 Å². The van der Waals surface area contributed by atoms with Crippen molar-refractivity contribution in [3.8, 4) is 0 Å². The van der Waals surface area contributed by atoms with E-state index in [1.165, 1.54) is 5.56 Å². The second kappa shape index (κ2) is 10.7. The summed E-state index contributed by atoms with van der Waals surface area (Å²) in [7, 11) is 2.09. The van der Waals surface area contributed by atoms with Gasteiger partial charge in [-0.05, 0) is 50.4 Å². The number of benzene rings is 1. The maximum Gasteiger partial charge on any atom is 0.228 e. The van der Waals surface area contributed by atoms with Crippen LogP contribution in [0, 0.1) is 11.8 Å². The molecule has 0 saturated carbocycles. The minimum atomic E-state index is -0.290. The monoisotopic (exact) mass is 454 g/mol. The number of nitrogens with zero attached hydrogens (tertiary/aromatic N) is 4. The Morgan fingerprint density at radius 3 is 2.12 bits per heavy atom. The fourth-order valence-corrected chi connectivity index (χ4v) is 5.24. The zero-order valence-electron chi connectivity index (χ0n) is 20.2. The number of hydrogen-bond donors (Lipinski definition) is 0. The summed E-state index contributed by atoms with van der Waals surface area (Å²) in [5.74, 6) is 0.0676. The predicted octanol–water partition coefficient (Wildman–Crippen LogP) is 2.39. The van der Waals surface area contributed by atoms with E-state index in [1.807, 2.05) is 21.9 Å². The Hall–Kier alpha value is -2.41. The fraction of sp³-hybridized carbons (Fsp3) is 0.654. The lowest BCUT2D eigenvalue weighted by Crippen LogP contribution is -2.51. The van der Waals surface area contributed by atoms with Crippen molar-refractivity contribution >= 4 is 23.4 Å². The van der Waals surface area contributed by atoms with E-state index in [0.717, 1.165) is 64.0 Å². The van der Waals surface area contributed by atoms with Crippen molar-refractivity contribution in [2.45, 2.75) is 45.4 Å². The number of hydrogen-bond acceptors (Lipinski definition) is 4. The third kappa shape index (κ3) is 5.57. The molecule has 0 N–H and O–H groups in total. The van der Waals surface area contributed by atoms with Gasteiger partial charge in [0.1, 0.15) is 0 Å². The van der Waals surface area contributed by atoms with Crippen LogP contribution in [0.2, 0.25) is 0 Å². The highest BCUT2D eigenvalue weighted by Gasteiger charge is 2.39. The minimum absolute atomic E-state index is 0.0189. The third-order valence-corrected chi connectivity index (χ3v) is 7.51. The molecule has 0 aromatic heterocycles. The van der Waals surface area contributed by atoms with Crippen molar-refractivity contribution < 1.29 is 14.4 Å². The van der Waals surface area contributed by atoms with Crippen molar-refractivity contribution in [1.29, 1.82) is 0 Å². The van der Waals surface area contributed by atoms with Crippen LogP contribution in [0.5, 0.6) is 0 Å². The number of anilines is 1. The van der Waals surface area contributed by atoms with Crippen LogP contribution >= 0.6 is 0 Å². The first-order valence-corrected chi connectivity index (χ1v) is 12.6. The van der Waals surface area contributed by atoms with E-state index in [-0.39, 0.29) is 36.0 Å². The molecule has 1 aromatic rings. The summed E-state index contributed by atoms with van der Waals surface area (Å²) in [5.41, 5.74) is 2.17. The van der Waals surface area contributed by atoms with Crippen LogP contribution in [-0.4, -0.2) is 85.3 Å². The maximum absolute atomic E-state index is 13.2. The summed E-state index contributed by atoms with van der Waals surface area (Å²) in [4.78, 5) is 46.6. The molecule has 3 amide bonds. The van der Waals surface area contributed by atoms with E-state index < -0.39 is 0 Å². The summed E-state index contributed by atoms with van der Waals surface area (Å²) in [5, 5.41) is 0. The summed E-state index contributed by atoms with van der Waals surface area (Å²) in [6.45, 7) is 7.31. The van der Waals surface area contributed by atoms with Gasteiger partial charge >= 0.3 is 0 Å². The lowest BCUT2D eigenvalue weighted by molar-refractivity contribution is -0.143. The third-order valence-electron chi connectivity index (χ3n) is 7.51. The molecule has 33 heavy (non-hydrogen) atoms. The van der Waals surface area contributed by atoms with Gasteiger partial charge in [-0.1, -0.05) is 25.5 Å². The van der Waals surface area contributed by atoms with Gasteiger partial charge in [0.2, 0.25) is 17.7 Å². The van der Waals surface area contributed by atoms with E-state index in [9.17, 15) is 14.4 Å². The smallest absolute Gasteiger partial charge is 0.228 e. The molecule has 3 aliphatic heterocycles. The molecule has 0 spiro atoms. The van der Waals surface area contributed by atoms with Gasteiger partial charge in [0, 0.05) is 63.8 Å². The first kappa shape index (κ1) is 23.7. The lowest BCUT2D eigenvalue weighted by atomic mass is 9.93. The number of piperazine rings is 1. The number of likely N-dealkylation sites (tertiary alicyclic amines) is 1. The number of carbonyl (C=O) groups is 3. The number of rotatable bonds is 6. The van der Waals surface area contributed by atoms with E-state index in [0.29, 0.717) is 19.6 Å². The van der Waals surface area contributed by atoms with Gasteiger partial charge < -0.3 is 19.6 Å². The highest BCUT2D eigenvalue weighted by Crippen LogP contribution is 2.29. The molecule has 1 atom stereocenters. The molecule has 180 valence electrons. The first-order chi connectivity index (χ1) is 16.0. The molecule has 7 heteroatoms. The summed E-state index contributed by atoms with van der Waals surface area (Å²) >= 11 is 0. The molecule has 3 aliphatic rings. The largest absolute Gasteiger partial charge is 0.342 e. The Labute approximate surface area is 197 Å². The summed E-state index contributed by atoms with van der Waals surface area (Å²) in [6.07, 6.45) is 5.10. The maximum atomic E-state index is 13.2. The van der Waals surface area contributed by atoms with Gasteiger partial charge in [-0.15, -0.1) is 0 Å². The van der Waals surface area contributed by atoms with Crippen LogP contribution in [0.3, 0.4) is 0 Å². The molecule has 0 aliphatic carbocycles. The Kier molecular flexibility index (Phi) is 7.68. The van der Waals surface area contributed by atoms with Gasteiger partial charge in [-0.2, -0.15) is 0 Å². The average Bonchev–Trinajstić information content (AvgIpc) is 3.24. The molecule has 3 heterocycles. The molecule has 4 rings (SSSR count). The minimum Gasteiger partial charge on any atom is -0.342 e. The Morgan fingerprint density at radius 1 is 0.879 bits per heavy atom. The van der Waals surface area contributed by atoms with Gasteiger partial charge in [0.05, 0.1) is 5.92 Å². The first-order valence-electron chi connectivity index (χ1n) is 12.6. The van der Waals surface area contributed by atoms with Gasteiger partial charge in [-0.3, -0.25) is 14.4 Å². The second-order valence-electron chi connectivity index (χ2n) is 9.90. The van der Waals surface area contributed by atoms with Crippen LogP contribution in [0.4, 0.5) is 5.69 Å². The SMILES string of the molecule is CCCCc1ccc(N2CC(C(=O)N3CCC(C(=O)N4CCN(C)CC4)CC3)CC2=O)cc1. The normalized spacial score (nSPS) is 22.8. The zero-order valence-corrected chi connectivity index (χ0v) is 20.2. The molecule has 0 bridgehead atoms. The molecular formula is C26H38N4O3. The average molecular weight is 455 g/mol. The van der Waals surface area contributed by atoms with Gasteiger partial charge in [-0.25, -0.2) is 0 Å². The zero-order chi connectivity index (χ0) is 23.4. The van der Waals surface area contributed by atoms with Crippen LogP contribution in [-0.2, 0) is 20.8 Å².